The van der Waals surface area contributed by atoms with Crippen LogP contribution >= 0.6 is 0 Å². The van der Waals surface area contributed by atoms with Crippen molar-refractivity contribution in [2.24, 2.45) is 11.3 Å². The number of likely N-dealkylation sites (N-methyl/N-ethyl adjacent to an activating group) is 1. The van der Waals surface area contributed by atoms with Crippen LogP contribution in [0.25, 0.3) is 0 Å². The number of fused-ring (bicyclic) bond motifs is 1. The van der Waals surface area contributed by atoms with E-state index in [0.717, 1.165) is 26.1 Å². The van der Waals surface area contributed by atoms with Crippen LogP contribution < -0.4 is 0 Å². The van der Waals surface area contributed by atoms with E-state index >= 15 is 0 Å². The Labute approximate surface area is 105 Å². The third-order valence-corrected chi connectivity index (χ3v) is 4.08. The first-order valence-corrected chi connectivity index (χ1v) is 6.85. The molecule has 0 amide bonds. The van der Waals surface area contributed by atoms with Gasteiger partial charge in [0.1, 0.15) is 0 Å². The number of nitrogens with zero attached hydrogens (tertiary/aromatic N) is 1. The molecule has 0 spiro atoms. The topological polar surface area (TPSA) is 29.5 Å². The summed E-state index contributed by atoms with van der Waals surface area (Å²) in [5.74, 6) is 0.911. The Bertz CT molecular complexity index is 295. The second-order valence-corrected chi connectivity index (χ2v) is 6.38. The van der Waals surface area contributed by atoms with E-state index in [2.05, 4.69) is 11.8 Å². The van der Waals surface area contributed by atoms with Gasteiger partial charge in [0.2, 0.25) is 0 Å². The van der Waals surface area contributed by atoms with Crippen molar-refractivity contribution in [3.05, 3.63) is 0 Å². The highest BCUT2D eigenvalue weighted by Crippen LogP contribution is 2.36. The summed E-state index contributed by atoms with van der Waals surface area (Å²) in [6.07, 6.45) is 2.51. The van der Waals surface area contributed by atoms with Gasteiger partial charge in [0, 0.05) is 18.6 Å². The Morgan fingerprint density at radius 2 is 2.12 bits per heavy atom. The molecular formula is C14H25NO2. The molecule has 0 bridgehead atoms. The standard InChI is InChI=1S/C14H25NO2/c1-5-15-9-10-7-6-8-17-12(10)11(15)13(16)14(2,3)4/h10-12H,5-9H2,1-4H3. The van der Waals surface area contributed by atoms with E-state index in [0.29, 0.717) is 11.7 Å². The SMILES string of the molecule is CCN1CC2CCCOC2C1C(=O)C(C)(C)C. The second-order valence-electron chi connectivity index (χ2n) is 6.38. The summed E-state index contributed by atoms with van der Waals surface area (Å²) in [5, 5.41) is 0. The van der Waals surface area contributed by atoms with E-state index in [9.17, 15) is 4.79 Å². The molecule has 0 aliphatic carbocycles. The van der Waals surface area contributed by atoms with Gasteiger partial charge in [-0.15, -0.1) is 0 Å². The molecule has 3 unspecified atom stereocenters. The molecule has 3 heteroatoms. The number of ether oxygens (including phenoxy) is 1. The van der Waals surface area contributed by atoms with E-state index in [1.54, 1.807) is 0 Å². The van der Waals surface area contributed by atoms with Crippen LogP contribution in [0, 0.1) is 11.3 Å². The maximum atomic E-state index is 12.6. The number of hydrogen-bond donors (Lipinski definition) is 0. The van der Waals surface area contributed by atoms with Crippen LogP contribution in [0.15, 0.2) is 0 Å². The average Bonchev–Trinajstić information content (AvgIpc) is 2.64. The van der Waals surface area contributed by atoms with Gasteiger partial charge in [0.15, 0.2) is 5.78 Å². The van der Waals surface area contributed by atoms with Crippen molar-refractivity contribution >= 4 is 5.78 Å². The van der Waals surface area contributed by atoms with Gasteiger partial charge in [0.25, 0.3) is 0 Å². The minimum absolute atomic E-state index is 0.00898. The highest BCUT2D eigenvalue weighted by Gasteiger charge is 2.48. The lowest BCUT2D eigenvalue weighted by atomic mass is 9.82. The molecule has 0 N–H and O–H groups in total. The van der Waals surface area contributed by atoms with Crippen LogP contribution in [0.4, 0.5) is 0 Å². The lowest BCUT2D eigenvalue weighted by Gasteiger charge is -2.33. The van der Waals surface area contributed by atoms with Crippen molar-refractivity contribution in [1.29, 1.82) is 0 Å². The molecule has 2 rings (SSSR count). The van der Waals surface area contributed by atoms with Crippen molar-refractivity contribution in [2.75, 3.05) is 19.7 Å². The van der Waals surface area contributed by atoms with E-state index in [1.165, 1.54) is 6.42 Å². The molecule has 98 valence electrons. The van der Waals surface area contributed by atoms with Gasteiger partial charge in [-0.25, -0.2) is 0 Å². The third kappa shape index (κ3) is 2.41. The van der Waals surface area contributed by atoms with Crippen molar-refractivity contribution in [3.8, 4) is 0 Å². The number of carbonyl (C=O) groups is 1. The quantitative estimate of drug-likeness (QED) is 0.739. The maximum absolute atomic E-state index is 12.6. The molecule has 2 fully saturated rings. The molecule has 0 aromatic rings. The smallest absolute Gasteiger partial charge is 0.157 e. The Morgan fingerprint density at radius 1 is 1.41 bits per heavy atom. The highest BCUT2D eigenvalue weighted by atomic mass is 16.5. The first kappa shape index (κ1) is 13.0. The highest BCUT2D eigenvalue weighted by molar-refractivity contribution is 5.89. The predicted octanol–water partition coefficient (Wildman–Crippen LogP) is 2.10. The van der Waals surface area contributed by atoms with Crippen molar-refractivity contribution in [3.63, 3.8) is 0 Å². The number of Topliss-reactive ketones (excluding diaryl/α,β-unsaturated/α-hetero) is 1. The Hall–Kier alpha value is -0.410. The summed E-state index contributed by atoms with van der Waals surface area (Å²) in [5.41, 5.74) is -0.270. The number of rotatable bonds is 2. The van der Waals surface area contributed by atoms with Crippen molar-refractivity contribution in [2.45, 2.75) is 52.7 Å². The zero-order valence-corrected chi connectivity index (χ0v) is 11.5. The van der Waals surface area contributed by atoms with Gasteiger partial charge in [0.05, 0.1) is 12.1 Å². The van der Waals surface area contributed by atoms with Gasteiger partial charge in [-0.2, -0.15) is 0 Å². The van der Waals surface area contributed by atoms with E-state index in [4.69, 9.17) is 4.74 Å². The summed E-state index contributed by atoms with van der Waals surface area (Å²) in [4.78, 5) is 14.9. The van der Waals surface area contributed by atoms with E-state index < -0.39 is 0 Å². The first-order chi connectivity index (χ1) is 7.95. The van der Waals surface area contributed by atoms with Gasteiger partial charge < -0.3 is 4.74 Å². The Kier molecular flexibility index (Phi) is 3.60. The molecule has 3 atom stereocenters. The Morgan fingerprint density at radius 3 is 2.71 bits per heavy atom. The summed E-state index contributed by atoms with van der Waals surface area (Å²) < 4.78 is 5.90. The first-order valence-electron chi connectivity index (χ1n) is 6.85. The fourth-order valence-electron chi connectivity index (χ4n) is 3.12. The molecule has 2 aliphatic heterocycles. The largest absolute Gasteiger partial charge is 0.376 e. The van der Waals surface area contributed by atoms with Crippen LogP contribution in [0.3, 0.4) is 0 Å². The number of ketones is 1. The van der Waals surface area contributed by atoms with Crippen LogP contribution in [-0.4, -0.2) is 42.5 Å². The van der Waals surface area contributed by atoms with Gasteiger partial charge >= 0.3 is 0 Å². The minimum atomic E-state index is -0.270. The lowest BCUT2D eigenvalue weighted by molar-refractivity contribution is -0.136. The molecule has 2 aliphatic rings. The molecular weight excluding hydrogens is 214 g/mol. The molecule has 17 heavy (non-hydrogen) atoms. The summed E-state index contributed by atoms with van der Waals surface area (Å²) in [6, 6.07) is -0.00898. The predicted molar refractivity (Wildman–Crippen MR) is 68.0 cm³/mol. The molecule has 2 saturated heterocycles. The van der Waals surface area contributed by atoms with Crippen molar-refractivity contribution < 1.29 is 9.53 Å². The van der Waals surface area contributed by atoms with Gasteiger partial charge in [-0.1, -0.05) is 27.7 Å². The lowest BCUT2D eigenvalue weighted by Crippen LogP contribution is -2.48. The monoisotopic (exact) mass is 239 g/mol. The maximum Gasteiger partial charge on any atom is 0.157 e. The molecule has 0 saturated carbocycles. The molecule has 0 aromatic heterocycles. The molecule has 0 radical (unpaired) electrons. The zero-order valence-electron chi connectivity index (χ0n) is 11.5. The number of carbonyl (C=O) groups excluding carboxylic acids is 1. The summed E-state index contributed by atoms with van der Waals surface area (Å²) in [7, 11) is 0. The molecule has 3 nitrogen and oxygen atoms in total. The van der Waals surface area contributed by atoms with Gasteiger partial charge in [-0.05, 0) is 25.3 Å². The fourth-order valence-corrected chi connectivity index (χ4v) is 3.12. The summed E-state index contributed by atoms with van der Waals surface area (Å²) in [6.45, 7) is 11.0. The minimum Gasteiger partial charge on any atom is -0.376 e. The third-order valence-electron chi connectivity index (χ3n) is 4.08. The van der Waals surface area contributed by atoms with Crippen LogP contribution in [0.1, 0.15) is 40.5 Å². The average molecular weight is 239 g/mol. The van der Waals surface area contributed by atoms with Crippen LogP contribution in [0.2, 0.25) is 0 Å². The van der Waals surface area contributed by atoms with E-state index in [1.807, 2.05) is 20.8 Å². The summed E-state index contributed by atoms with van der Waals surface area (Å²) >= 11 is 0. The van der Waals surface area contributed by atoms with Gasteiger partial charge in [-0.3, -0.25) is 9.69 Å². The Balaban J connectivity index is 2.20. The normalized spacial score (nSPS) is 34.7. The fraction of sp³-hybridized carbons (Fsp3) is 0.929. The number of hydrogen-bond acceptors (Lipinski definition) is 3. The second kappa shape index (κ2) is 4.69. The number of likely N-dealkylation sites (tertiary alicyclic amines) is 1. The van der Waals surface area contributed by atoms with Crippen LogP contribution in [-0.2, 0) is 9.53 Å². The van der Waals surface area contributed by atoms with E-state index in [-0.39, 0.29) is 17.6 Å². The molecule has 0 aromatic carbocycles. The molecule has 2 heterocycles. The van der Waals surface area contributed by atoms with Crippen LogP contribution in [0.5, 0.6) is 0 Å². The zero-order chi connectivity index (χ0) is 12.6. The van der Waals surface area contributed by atoms with Crippen molar-refractivity contribution in [1.82, 2.24) is 4.90 Å².